The molecule has 0 spiro atoms. The summed E-state index contributed by atoms with van der Waals surface area (Å²) in [5.74, 6) is 0.344. The van der Waals surface area contributed by atoms with Crippen molar-refractivity contribution in [2.45, 2.75) is 51.1 Å². The highest BCUT2D eigenvalue weighted by Crippen LogP contribution is 2.24. The first-order valence-electron chi connectivity index (χ1n) is 8.29. The van der Waals surface area contributed by atoms with Gasteiger partial charge < -0.3 is 9.80 Å². The lowest BCUT2D eigenvalue weighted by atomic mass is 10.1. The first-order chi connectivity index (χ1) is 10.6. The van der Waals surface area contributed by atoms with E-state index in [-0.39, 0.29) is 11.8 Å². The van der Waals surface area contributed by atoms with Crippen molar-refractivity contribution in [1.29, 1.82) is 0 Å². The van der Waals surface area contributed by atoms with Gasteiger partial charge in [0.05, 0.1) is 0 Å². The van der Waals surface area contributed by atoms with E-state index in [4.69, 9.17) is 0 Å². The second-order valence-electron chi connectivity index (χ2n) is 6.47. The Morgan fingerprint density at radius 3 is 2.45 bits per heavy atom. The molecule has 22 heavy (non-hydrogen) atoms. The van der Waals surface area contributed by atoms with Crippen molar-refractivity contribution in [3.05, 3.63) is 35.4 Å². The van der Waals surface area contributed by atoms with Gasteiger partial charge in [-0.15, -0.1) is 0 Å². The lowest BCUT2D eigenvalue weighted by Gasteiger charge is -2.24. The van der Waals surface area contributed by atoms with Gasteiger partial charge in [0, 0.05) is 38.2 Å². The molecule has 1 aliphatic carbocycles. The summed E-state index contributed by atoms with van der Waals surface area (Å²) in [5, 5.41) is 0. The van der Waals surface area contributed by atoms with Crippen LogP contribution >= 0.6 is 0 Å². The minimum atomic E-state index is 0.107. The van der Waals surface area contributed by atoms with Crippen LogP contribution < -0.4 is 0 Å². The van der Waals surface area contributed by atoms with E-state index in [1.165, 1.54) is 12.8 Å². The standard InChI is InChI=1S/C18H24N2O2/c1-19(16-5-2-3-6-16)18(22)15-10-8-14(9-11-15)13-20-12-4-7-17(20)21/h8-11,16H,2-7,12-13H2,1H3. The fourth-order valence-corrected chi connectivity index (χ4v) is 3.51. The summed E-state index contributed by atoms with van der Waals surface area (Å²) in [6, 6.07) is 8.13. The Morgan fingerprint density at radius 1 is 1.18 bits per heavy atom. The zero-order valence-corrected chi connectivity index (χ0v) is 13.3. The van der Waals surface area contributed by atoms with E-state index in [2.05, 4.69) is 0 Å². The van der Waals surface area contributed by atoms with Crippen LogP contribution in [0.15, 0.2) is 24.3 Å². The zero-order valence-electron chi connectivity index (χ0n) is 13.3. The molecule has 0 aromatic heterocycles. The number of benzene rings is 1. The summed E-state index contributed by atoms with van der Waals surface area (Å²) in [5.41, 5.74) is 1.83. The van der Waals surface area contributed by atoms with Crippen LogP contribution in [0.3, 0.4) is 0 Å². The SMILES string of the molecule is CN(C(=O)c1ccc(CN2CCCC2=O)cc1)C1CCCC1. The summed E-state index contributed by atoms with van der Waals surface area (Å²) in [6.07, 6.45) is 6.33. The lowest BCUT2D eigenvalue weighted by molar-refractivity contribution is -0.128. The zero-order chi connectivity index (χ0) is 15.5. The average Bonchev–Trinajstić information content (AvgIpc) is 3.19. The highest BCUT2D eigenvalue weighted by molar-refractivity contribution is 5.94. The summed E-state index contributed by atoms with van der Waals surface area (Å²) in [4.78, 5) is 27.9. The first kappa shape index (κ1) is 15.1. The molecule has 3 rings (SSSR count). The maximum atomic E-state index is 12.5. The molecule has 1 heterocycles. The minimum absolute atomic E-state index is 0.107. The van der Waals surface area contributed by atoms with E-state index in [1.54, 1.807) is 0 Å². The highest BCUT2D eigenvalue weighted by Gasteiger charge is 2.24. The monoisotopic (exact) mass is 300 g/mol. The number of likely N-dealkylation sites (tertiary alicyclic amines) is 1. The second-order valence-corrected chi connectivity index (χ2v) is 6.47. The van der Waals surface area contributed by atoms with E-state index in [9.17, 15) is 9.59 Å². The third-order valence-electron chi connectivity index (χ3n) is 4.94. The van der Waals surface area contributed by atoms with Gasteiger partial charge in [-0.25, -0.2) is 0 Å². The second kappa shape index (κ2) is 6.51. The third kappa shape index (κ3) is 3.16. The van der Waals surface area contributed by atoms with Crippen molar-refractivity contribution in [2.24, 2.45) is 0 Å². The molecule has 1 saturated heterocycles. The van der Waals surface area contributed by atoms with Gasteiger partial charge in [-0.2, -0.15) is 0 Å². The smallest absolute Gasteiger partial charge is 0.253 e. The molecule has 2 amide bonds. The number of hydrogen-bond acceptors (Lipinski definition) is 2. The fraction of sp³-hybridized carbons (Fsp3) is 0.556. The quantitative estimate of drug-likeness (QED) is 0.858. The van der Waals surface area contributed by atoms with Crippen LogP contribution in [-0.2, 0) is 11.3 Å². The van der Waals surface area contributed by atoms with Crippen molar-refractivity contribution in [3.8, 4) is 0 Å². The maximum Gasteiger partial charge on any atom is 0.253 e. The number of carbonyl (C=O) groups is 2. The molecule has 4 heteroatoms. The minimum Gasteiger partial charge on any atom is -0.339 e. The van der Waals surface area contributed by atoms with Gasteiger partial charge in [0.15, 0.2) is 0 Å². The molecule has 1 aliphatic heterocycles. The van der Waals surface area contributed by atoms with Gasteiger partial charge >= 0.3 is 0 Å². The van der Waals surface area contributed by atoms with E-state index < -0.39 is 0 Å². The molecule has 118 valence electrons. The molecular formula is C18H24N2O2. The summed E-state index contributed by atoms with van der Waals surface area (Å²) < 4.78 is 0. The fourth-order valence-electron chi connectivity index (χ4n) is 3.51. The molecule has 2 fully saturated rings. The number of hydrogen-bond donors (Lipinski definition) is 0. The van der Waals surface area contributed by atoms with Crippen LogP contribution in [0.4, 0.5) is 0 Å². The van der Waals surface area contributed by atoms with Crippen LogP contribution in [0.5, 0.6) is 0 Å². The predicted molar refractivity (Wildman–Crippen MR) is 85.4 cm³/mol. The molecule has 4 nitrogen and oxygen atoms in total. The van der Waals surface area contributed by atoms with Crippen molar-refractivity contribution < 1.29 is 9.59 Å². The predicted octanol–water partition coefficient (Wildman–Crippen LogP) is 2.82. The van der Waals surface area contributed by atoms with Gasteiger partial charge in [-0.3, -0.25) is 9.59 Å². The molecule has 0 unspecified atom stereocenters. The topological polar surface area (TPSA) is 40.6 Å². The van der Waals surface area contributed by atoms with E-state index in [0.717, 1.165) is 36.9 Å². The summed E-state index contributed by atoms with van der Waals surface area (Å²) in [6.45, 7) is 1.51. The molecule has 1 saturated carbocycles. The van der Waals surface area contributed by atoms with Gasteiger partial charge in [-0.05, 0) is 37.0 Å². The van der Waals surface area contributed by atoms with E-state index in [0.29, 0.717) is 19.0 Å². The van der Waals surface area contributed by atoms with Crippen LogP contribution in [0.1, 0.15) is 54.4 Å². The Morgan fingerprint density at radius 2 is 1.86 bits per heavy atom. The largest absolute Gasteiger partial charge is 0.339 e. The summed E-state index contributed by atoms with van der Waals surface area (Å²) in [7, 11) is 1.91. The average molecular weight is 300 g/mol. The van der Waals surface area contributed by atoms with E-state index >= 15 is 0 Å². The van der Waals surface area contributed by atoms with Gasteiger partial charge in [0.25, 0.3) is 5.91 Å². The van der Waals surface area contributed by atoms with Gasteiger partial charge in [-0.1, -0.05) is 25.0 Å². The Balaban J connectivity index is 1.63. The summed E-state index contributed by atoms with van der Waals surface area (Å²) >= 11 is 0. The van der Waals surface area contributed by atoms with Crippen LogP contribution in [-0.4, -0.2) is 41.2 Å². The Bertz CT molecular complexity index is 547. The maximum absolute atomic E-state index is 12.5. The molecule has 0 N–H and O–H groups in total. The molecule has 2 aliphatic rings. The molecular weight excluding hydrogens is 276 g/mol. The normalized spacial score (nSPS) is 19.0. The number of rotatable bonds is 4. The third-order valence-corrected chi connectivity index (χ3v) is 4.94. The lowest BCUT2D eigenvalue weighted by Crippen LogP contribution is -2.35. The van der Waals surface area contributed by atoms with Crippen molar-refractivity contribution in [1.82, 2.24) is 9.80 Å². The molecule has 0 radical (unpaired) electrons. The van der Waals surface area contributed by atoms with Crippen LogP contribution in [0.25, 0.3) is 0 Å². The highest BCUT2D eigenvalue weighted by atomic mass is 16.2. The number of amides is 2. The van der Waals surface area contributed by atoms with Crippen molar-refractivity contribution >= 4 is 11.8 Å². The van der Waals surface area contributed by atoms with Gasteiger partial charge in [0.2, 0.25) is 5.91 Å². The molecule has 1 aromatic rings. The van der Waals surface area contributed by atoms with Crippen LogP contribution in [0.2, 0.25) is 0 Å². The molecule has 0 atom stereocenters. The number of carbonyl (C=O) groups excluding carboxylic acids is 2. The Kier molecular flexibility index (Phi) is 4.46. The Labute approximate surface area is 132 Å². The first-order valence-corrected chi connectivity index (χ1v) is 8.29. The Hall–Kier alpha value is -1.84. The van der Waals surface area contributed by atoms with Crippen molar-refractivity contribution in [2.75, 3.05) is 13.6 Å². The van der Waals surface area contributed by atoms with Crippen molar-refractivity contribution in [3.63, 3.8) is 0 Å². The molecule has 0 bridgehead atoms. The van der Waals surface area contributed by atoms with Gasteiger partial charge in [0.1, 0.15) is 0 Å². The number of nitrogens with zero attached hydrogens (tertiary/aromatic N) is 2. The molecule has 1 aromatic carbocycles. The van der Waals surface area contributed by atoms with Crippen LogP contribution in [0, 0.1) is 0 Å². The van der Waals surface area contributed by atoms with E-state index in [1.807, 2.05) is 41.1 Å².